The molecule has 0 unspecified atom stereocenters. The molecule has 1 aliphatic rings. The number of carbonyl (C=O) groups excluding carboxylic acids is 1. The van der Waals surface area contributed by atoms with Crippen LogP contribution in [0.2, 0.25) is 0 Å². The highest BCUT2D eigenvalue weighted by Gasteiger charge is 2.18. The van der Waals surface area contributed by atoms with E-state index in [1.165, 1.54) is 12.1 Å². The molecule has 5 nitrogen and oxygen atoms in total. The van der Waals surface area contributed by atoms with E-state index in [9.17, 15) is 13.2 Å². The minimum absolute atomic E-state index is 0.0776. The van der Waals surface area contributed by atoms with E-state index in [2.05, 4.69) is 0 Å². The zero-order valence-electron chi connectivity index (χ0n) is 9.09. The Kier molecular flexibility index (Phi) is 3.33. The average molecular weight is 256 g/mol. The summed E-state index contributed by atoms with van der Waals surface area (Å²) in [6.07, 6.45) is 1.13. The number of sulfone groups is 1. The Bertz CT molecular complexity index is 521. The molecule has 6 heteroatoms. The SMILES string of the molecule is O=CCS(=O)(=O)c1ccc2c(c1)OCCCO2. The van der Waals surface area contributed by atoms with Gasteiger partial charge in [0, 0.05) is 12.5 Å². The first-order valence-corrected chi connectivity index (χ1v) is 6.85. The van der Waals surface area contributed by atoms with E-state index in [1.807, 2.05) is 0 Å². The largest absolute Gasteiger partial charge is 0.490 e. The first kappa shape index (κ1) is 11.9. The Balaban J connectivity index is 2.39. The molecule has 0 fully saturated rings. The average Bonchev–Trinajstić information content (AvgIpc) is 2.52. The maximum absolute atomic E-state index is 11.7. The Labute approximate surface area is 99.3 Å². The van der Waals surface area contributed by atoms with Gasteiger partial charge in [0.1, 0.15) is 12.0 Å². The lowest BCUT2D eigenvalue weighted by atomic mass is 10.3. The van der Waals surface area contributed by atoms with E-state index >= 15 is 0 Å². The van der Waals surface area contributed by atoms with Crippen LogP contribution >= 0.6 is 0 Å². The Morgan fingerprint density at radius 1 is 1.18 bits per heavy atom. The van der Waals surface area contributed by atoms with Crippen LogP contribution in [0.5, 0.6) is 11.5 Å². The van der Waals surface area contributed by atoms with Gasteiger partial charge in [0.2, 0.25) is 0 Å². The second-order valence-electron chi connectivity index (χ2n) is 3.61. The number of carbonyl (C=O) groups is 1. The van der Waals surface area contributed by atoms with Crippen molar-refractivity contribution in [1.29, 1.82) is 0 Å². The van der Waals surface area contributed by atoms with Crippen molar-refractivity contribution in [3.8, 4) is 11.5 Å². The summed E-state index contributed by atoms with van der Waals surface area (Å²) < 4.78 is 34.1. The van der Waals surface area contributed by atoms with Crippen LogP contribution in [0.25, 0.3) is 0 Å². The van der Waals surface area contributed by atoms with Crippen LogP contribution in [0.4, 0.5) is 0 Å². The fourth-order valence-corrected chi connectivity index (χ4v) is 2.46. The van der Waals surface area contributed by atoms with Crippen molar-refractivity contribution < 1.29 is 22.7 Å². The molecule has 0 N–H and O–H groups in total. The topological polar surface area (TPSA) is 69.7 Å². The third-order valence-electron chi connectivity index (χ3n) is 2.37. The number of hydrogen-bond donors (Lipinski definition) is 0. The van der Waals surface area contributed by atoms with Crippen LogP contribution < -0.4 is 9.47 Å². The van der Waals surface area contributed by atoms with Crippen molar-refractivity contribution in [2.75, 3.05) is 19.0 Å². The van der Waals surface area contributed by atoms with Crippen LogP contribution in [0.3, 0.4) is 0 Å². The van der Waals surface area contributed by atoms with Crippen molar-refractivity contribution in [3.05, 3.63) is 18.2 Å². The van der Waals surface area contributed by atoms with Crippen molar-refractivity contribution in [3.63, 3.8) is 0 Å². The molecule has 0 spiro atoms. The molecular formula is C11H12O5S. The van der Waals surface area contributed by atoms with E-state index < -0.39 is 15.6 Å². The van der Waals surface area contributed by atoms with Crippen LogP contribution in [0.1, 0.15) is 6.42 Å². The Hall–Kier alpha value is -1.56. The summed E-state index contributed by atoms with van der Waals surface area (Å²) in [5, 5.41) is 0. The molecule has 0 radical (unpaired) electrons. The number of benzene rings is 1. The van der Waals surface area contributed by atoms with Gasteiger partial charge >= 0.3 is 0 Å². The Morgan fingerprint density at radius 2 is 1.88 bits per heavy atom. The minimum atomic E-state index is -3.56. The maximum atomic E-state index is 11.7. The molecule has 0 amide bonds. The van der Waals surface area contributed by atoms with E-state index in [-0.39, 0.29) is 4.90 Å². The van der Waals surface area contributed by atoms with Crippen molar-refractivity contribution >= 4 is 16.1 Å². The molecule has 0 aromatic heterocycles. The van der Waals surface area contributed by atoms with Crippen molar-refractivity contribution in [2.24, 2.45) is 0 Å². The molecule has 17 heavy (non-hydrogen) atoms. The molecule has 1 aromatic rings. The lowest BCUT2D eigenvalue weighted by Crippen LogP contribution is -2.08. The van der Waals surface area contributed by atoms with Gasteiger partial charge in [-0.3, -0.25) is 0 Å². The normalized spacial score (nSPS) is 15.1. The van der Waals surface area contributed by atoms with Gasteiger partial charge in [-0.05, 0) is 12.1 Å². The second kappa shape index (κ2) is 4.75. The number of fused-ring (bicyclic) bond motifs is 1. The molecule has 0 saturated carbocycles. The second-order valence-corrected chi connectivity index (χ2v) is 5.64. The maximum Gasteiger partial charge on any atom is 0.185 e. The summed E-state index contributed by atoms with van der Waals surface area (Å²) in [5.74, 6) is 0.425. The predicted octanol–water partition coefficient (Wildman–Crippen LogP) is 0.821. The molecule has 0 bridgehead atoms. The Morgan fingerprint density at radius 3 is 2.59 bits per heavy atom. The summed E-state index contributed by atoms with van der Waals surface area (Å²) >= 11 is 0. The smallest absolute Gasteiger partial charge is 0.185 e. The summed E-state index contributed by atoms with van der Waals surface area (Å²) in [6.45, 7) is 1.04. The summed E-state index contributed by atoms with van der Waals surface area (Å²) in [6, 6.07) is 4.38. The zero-order chi connectivity index (χ0) is 12.3. The van der Waals surface area contributed by atoms with Crippen molar-refractivity contribution in [2.45, 2.75) is 11.3 Å². The minimum Gasteiger partial charge on any atom is -0.490 e. The molecule has 1 aromatic carbocycles. The summed E-state index contributed by atoms with van der Waals surface area (Å²) in [4.78, 5) is 10.4. The van der Waals surface area contributed by atoms with Gasteiger partial charge in [0.05, 0.1) is 18.1 Å². The fraction of sp³-hybridized carbons (Fsp3) is 0.364. The lowest BCUT2D eigenvalue weighted by Gasteiger charge is -2.08. The number of hydrogen-bond acceptors (Lipinski definition) is 5. The van der Waals surface area contributed by atoms with Crippen LogP contribution in [-0.4, -0.2) is 33.7 Å². The lowest BCUT2D eigenvalue weighted by molar-refractivity contribution is -0.105. The molecule has 1 heterocycles. The predicted molar refractivity (Wildman–Crippen MR) is 60.2 cm³/mol. The molecule has 0 atom stereocenters. The number of ether oxygens (including phenoxy) is 2. The van der Waals surface area contributed by atoms with E-state index in [0.717, 1.165) is 6.42 Å². The van der Waals surface area contributed by atoms with Gasteiger partial charge in [-0.1, -0.05) is 0 Å². The van der Waals surface area contributed by atoms with E-state index in [4.69, 9.17) is 9.47 Å². The third kappa shape index (κ3) is 2.58. The monoisotopic (exact) mass is 256 g/mol. The van der Waals surface area contributed by atoms with Gasteiger partial charge in [-0.25, -0.2) is 8.42 Å². The third-order valence-corrected chi connectivity index (χ3v) is 3.91. The van der Waals surface area contributed by atoms with Crippen LogP contribution in [0, 0.1) is 0 Å². The number of aldehydes is 1. The van der Waals surface area contributed by atoms with Crippen LogP contribution in [-0.2, 0) is 14.6 Å². The highest BCUT2D eigenvalue weighted by Crippen LogP contribution is 2.32. The van der Waals surface area contributed by atoms with Crippen LogP contribution in [0.15, 0.2) is 23.1 Å². The zero-order valence-corrected chi connectivity index (χ0v) is 9.90. The quantitative estimate of drug-likeness (QED) is 0.749. The molecule has 92 valence electrons. The van der Waals surface area contributed by atoms with Gasteiger partial charge in [-0.2, -0.15) is 0 Å². The highest BCUT2D eigenvalue weighted by atomic mass is 32.2. The van der Waals surface area contributed by atoms with Gasteiger partial charge in [0.15, 0.2) is 21.3 Å². The van der Waals surface area contributed by atoms with E-state index in [0.29, 0.717) is 31.0 Å². The highest BCUT2D eigenvalue weighted by molar-refractivity contribution is 7.92. The summed E-state index contributed by atoms with van der Waals surface area (Å²) in [5.41, 5.74) is 0. The van der Waals surface area contributed by atoms with Gasteiger partial charge < -0.3 is 14.3 Å². The number of rotatable bonds is 3. The molecule has 1 aliphatic heterocycles. The molecular weight excluding hydrogens is 244 g/mol. The first-order valence-electron chi connectivity index (χ1n) is 5.19. The van der Waals surface area contributed by atoms with Gasteiger partial charge in [0.25, 0.3) is 0 Å². The van der Waals surface area contributed by atoms with E-state index in [1.54, 1.807) is 6.07 Å². The molecule has 2 rings (SSSR count). The van der Waals surface area contributed by atoms with Gasteiger partial charge in [-0.15, -0.1) is 0 Å². The molecule has 0 saturated heterocycles. The molecule has 0 aliphatic carbocycles. The fourth-order valence-electron chi connectivity index (χ4n) is 1.52. The summed E-state index contributed by atoms with van der Waals surface area (Å²) in [7, 11) is -3.56. The standard InChI is InChI=1S/C11H12O5S/c12-4-7-17(13,14)9-2-3-10-11(8-9)16-6-1-5-15-10/h2-4,8H,1,5-7H2. The van der Waals surface area contributed by atoms with Crippen molar-refractivity contribution in [1.82, 2.24) is 0 Å². The first-order chi connectivity index (χ1) is 8.13.